The van der Waals surface area contributed by atoms with Crippen LogP contribution in [0.1, 0.15) is 88.1 Å². The fourth-order valence-corrected chi connectivity index (χ4v) is 10.7. The highest BCUT2D eigenvalue weighted by Crippen LogP contribution is 2.43. The molecule has 63 heavy (non-hydrogen) atoms. The minimum absolute atomic E-state index is 0.0720. The van der Waals surface area contributed by atoms with Crippen LogP contribution < -0.4 is 24.6 Å². The third-order valence-electron chi connectivity index (χ3n) is 14.7. The number of carbonyl (C=O) groups excluding carboxylic acids is 3. The van der Waals surface area contributed by atoms with Crippen molar-refractivity contribution in [2.45, 2.75) is 95.9 Å². The SMILES string of the molecule is COc1c(N2CCC(CN3CCN(CC4CCN(c5cc(-c6n[nH]c7cc(F)c(OC8(C)CC8)cc67)ncn5)CC4)CC3(C)C)CC2)ccc2c1CN(C1CCC(=O)NC1=O)C2=O. The number of ether oxygens (including phenoxy) is 2. The summed E-state index contributed by atoms with van der Waals surface area (Å²) in [7, 11) is 1.66. The Labute approximate surface area is 367 Å². The molecule has 10 rings (SSSR count). The highest BCUT2D eigenvalue weighted by atomic mass is 19.1. The smallest absolute Gasteiger partial charge is 0.255 e. The van der Waals surface area contributed by atoms with Crippen molar-refractivity contribution in [2.75, 3.05) is 75.8 Å². The first-order valence-electron chi connectivity index (χ1n) is 22.9. The molecular formula is C47H59FN10O5. The standard InChI is InChI=1S/C47H59FN10O5/c1-46(2)27-54(24-29-11-17-56(18-12-29)40-23-36(49-28-50-40)42-32-21-39(63-47(3)13-14-47)34(48)22-35(32)52-53-42)19-20-57(46)25-30-9-15-55(16-10-30)37-6-5-31-33(43(37)62-4)26-58(45(31)61)38-7-8-41(59)51-44(38)60/h5-6,21-23,28-30,38H,7-20,24-27H2,1-4H3,(H,52,53)(H,51,59,60). The number of fused-ring (bicyclic) bond motifs is 2. The molecule has 0 radical (unpaired) electrons. The van der Waals surface area contributed by atoms with Gasteiger partial charge >= 0.3 is 0 Å². The van der Waals surface area contributed by atoms with Gasteiger partial charge in [-0.2, -0.15) is 5.10 Å². The minimum Gasteiger partial charge on any atom is -0.494 e. The number of methoxy groups -OCH3 is 1. The maximum absolute atomic E-state index is 14.8. The Bertz CT molecular complexity index is 2420. The average molecular weight is 863 g/mol. The summed E-state index contributed by atoms with van der Waals surface area (Å²) in [5.41, 5.74) is 4.15. The number of imide groups is 1. The Hall–Kier alpha value is -5.35. The van der Waals surface area contributed by atoms with E-state index in [1.165, 1.54) is 6.07 Å². The molecule has 2 aromatic heterocycles. The number of piperazine rings is 1. The molecule has 334 valence electrons. The number of nitrogens with one attached hydrogen (secondary N) is 2. The Balaban J connectivity index is 0.702. The lowest BCUT2D eigenvalue weighted by Crippen LogP contribution is -2.61. The average Bonchev–Trinajstić information content (AvgIpc) is 3.71. The topological polar surface area (TPSA) is 152 Å². The van der Waals surface area contributed by atoms with Crippen LogP contribution >= 0.6 is 0 Å². The Morgan fingerprint density at radius 2 is 1.62 bits per heavy atom. The van der Waals surface area contributed by atoms with Crippen molar-refractivity contribution in [3.63, 3.8) is 0 Å². The van der Waals surface area contributed by atoms with Gasteiger partial charge in [0.1, 0.15) is 35.2 Å². The number of rotatable bonds is 11. The van der Waals surface area contributed by atoms with Crippen molar-refractivity contribution in [1.29, 1.82) is 0 Å². The van der Waals surface area contributed by atoms with Gasteiger partial charge in [-0.15, -0.1) is 0 Å². The Morgan fingerprint density at radius 3 is 2.33 bits per heavy atom. The molecule has 2 aromatic carbocycles. The van der Waals surface area contributed by atoms with Gasteiger partial charge in [-0.25, -0.2) is 14.4 Å². The van der Waals surface area contributed by atoms with Gasteiger partial charge in [-0.3, -0.25) is 34.6 Å². The van der Waals surface area contributed by atoms with E-state index < -0.39 is 17.8 Å². The lowest BCUT2D eigenvalue weighted by Gasteiger charge is -2.50. The van der Waals surface area contributed by atoms with E-state index in [0.717, 1.165) is 120 Å². The number of H-pyrrole nitrogens is 1. The predicted octanol–water partition coefficient (Wildman–Crippen LogP) is 5.39. The summed E-state index contributed by atoms with van der Waals surface area (Å²) in [6, 6.07) is 8.42. The van der Waals surface area contributed by atoms with Crippen molar-refractivity contribution in [1.82, 2.24) is 40.2 Å². The number of nitrogens with zero attached hydrogens (tertiary/aromatic N) is 8. The van der Waals surface area contributed by atoms with E-state index in [1.54, 1.807) is 24.4 Å². The number of amides is 3. The number of anilines is 2. The van der Waals surface area contributed by atoms with Crippen molar-refractivity contribution >= 4 is 40.1 Å². The molecule has 15 nitrogen and oxygen atoms in total. The largest absolute Gasteiger partial charge is 0.494 e. The maximum Gasteiger partial charge on any atom is 0.255 e. The Morgan fingerprint density at radius 1 is 0.873 bits per heavy atom. The molecule has 5 aliphatic heterocycles. The number of benzene rings is 2. The molecule has 1 atom stereocenters. The molecule has 7 heterocycles. The van der Waals surface area contributed by atoms with E-state index in [4.69, 9.17) is 9.47 Å². The van der Waals surface area contributed by atoms with Gasteiger partial charge in [0.2, 0.25) is 11.8 Å². The maximum atomic E-state index is 14.8. The first kappa shape index (κ1) is 41.6. The van der Waals surface area contributed by atoms with Crippen molar-refractivity contribution in [2.24, 2.45) is 11.8 Å². The van der Waals surface area contributed by atoms with Crippen LogP contribution in [0, 0.1) is 17.7 Å². The van der Waals surface area contributed by atoms with E-state index >= 15 is 0 Å². The van der Waals surface area contributed by atoms with Crippen molar-refractivity contribution in [3.05, 3.63) is 53.6 Å². The van der Waals surface area contributed by atoms with Gasteiger partial charge in [0.05, 0.1) is 30.6 Å². The summed E-state index contributed by atoms with van der Waals surface area (Å²) in [6.45, 7) is 16.2. The second-order valence-corrected chi connectivity index (χ2v) is 19.6. The Kier molecular flexibility index (Phi) is 10.8. The quantitative estimate of drug-likeness (QED) is 0.186. The van der Waals surface area contributed by atoms with Gasteiger partial charge in [-0.1, -0.05) is 0 Å². The van der Waals surface area contributed by atoms with E-state index in [1.807, 2.05) is 25.1 Å². The van der Waals surface area contributed by atoms with Crippen molar-refractivity contribution in [3.8, 4) is 22.9 Å². The van der Waals surface area contributed by atoms with Gasteiger partial charge in [0.25, 0.3) is 5.91 Å². The number of aromatic nitrogens is 4. The van der Waals surface area contributed by atoms with Crippen molar-refractivity contribution < 1.29 is 28.2 Å². The van der Waals surface area contributed by atoms with Crippen LogP contribution in [-0.2, 0) is 16.1 Å². The number of halogens is 1. The number of hydrogen-bond acceptors (Lipinski definition) is 12. The molecular weight excluding hydrogens is 804 g/mol. The van der Waals surface area contributed by atoms with E-state index in [2.05, 4.69) is 58.9 Å². The molecule has 4 aromatic rings. The van der Waals surface area contributed by atoms with E-state index in [0.29, 0.717) is 53.0 Å². The highest BCUT2D eigenvalue weighted by molar-refractivity contribution is 6.06. The monoisotopic (exact) mass is 862 g/mol. The molecule has 1 saturated carbocycles. The van der Waals surface area contributed by atoms with Gasteiger partial charge in [-0.05, 0) is 95.8 Å². The molecule has 4 saturated heterocycles. The lowest BCUT2D eigenvalue weighted by molar-refractivity contribution is -0.136. The van der Waals surface area contributed by atoms with Crippen LogP contribution in [0.4, 0.5) is 15.9 Å². The number of hydrogen-bond donors (Lipinski definition) is 2. The molecule has 3 amide bonds. The van der Waals surface area contributed by atoms with Crippen LogP contribution in [0.3, 0.4) is 0 Å². The zero-order chi connectivity index (χ0) is 43.6. The normalized spacial score (nSPS) is 23.3. The molecule has 0 spiro atoms. The third kappa shape index (κ3) is 8.20. The highest BCUT2D eigenvalue weighted by Gasteiger charge is 2.43. The molecule has 6 aliphatic rings. The first-order chi connectivity index (χ1) is 30.3. The fourth-order valence-electron chi connectivity index (χ4n) is 10.7. The van der Waals surface area contributed by atoms with Crippen LogP contribution in [0.25, 0.3) is 22.3 Å². The van der Waals surface area contributed by atoms with Gasteiger partial charge in [0.15, 0.2) is 11.6 Å². The number of aromatic amines is 1. The van der Waals surface area contributed by atoms with Gasteiger partial charge in [0, 0.05) is 99.5 Å². The van der Waals surface area contributed by atoms with E-state index in [9.17, 15) is 18.8 Å². The first-order valence-corrected chi connectivity index (χ1v) is 22.9. The second-order valence-electron chi connectivity index (χ2n) is 19.6. The number of carbonyl (C=O) groups is 3. The van der Waals surface area contributed by atoms with Crippen LogP contribution in [0.5, 0.6) is 11.5 Å². The summed E-state index contributed by atoms with van der Waals surface area (Å²) < 4.78 is 26.8. The zero-order valence-corrected chi connectivity index (χ0v) is 36.9. The van der Waals surface area contributed by atoms with E-state index in [-0.39, 0.29) is 35.1 Å². The molecule has 2 N–H and O–H groups in total. The molecule has 0 bridgehead atoms. The summed E-state index contributed by atoms with van der Waals surface area (Å²) in [5, 5.41) is 10.7. The van der Waals surface area contributed by atoms with Crippen LogP contribution in [0.2, 0.25) is 0 Å². The minimum atomic E-state index is -0.653. The lowest BCUT2D eigenvalue weighted by atomic mass is 9.90. The summed E-state index contributed by atoms with van der Waals surface area (Å²) in [6.07, 6.45) is 8.38. The third-order valence-corrected chi connectivity index (χ3v) is 14.7. The fraction of sp³-hybridized carbons (Fsp3) is 0.574. The summed E-state index contributed by atoms with van der Waals surface area (Å²) >= 11 is 0. The summed E-state index contributed by atoms with van der Waals surface area (Å²) in [5.74, 6) is 1.80. The van der Waals surface area contributed by atoms with Crippen LogP contribution in [-0.4, -0.2) is 136 Å². The van der Waals surface area contributed by atoms with Gasteiger partial charge < -0.3 is 24.2 Å². The molecule has 5 fully saturated rings. The predicted molar refractivity (Wildman–Crippen MR) is 236 cm³/mol. The molecule has 16 heteroatoms. The molecule has 1 unspecified atom stereocenters. The summed E-state index contributed by atoms with van der Waals surface area (Å²) in [4.78, 5) is 58.7. The van der Waals surface area contributed by atoms with Crippen LogP contribution in [0.15, 0.2) is 36.7 Å². The second kappa shape index (κ2) is 16.3. The molecule has 1 aliphatic carbocycles. The number of piperidine rings is 3. The zero-order valence-electron chi connectivity index (χ0n) is 36.9.